The van der Waals surface area contributed by atoms with E-state index in [-0.39, 0.29) is 12.6 Å². The molecule has 2 unspecified atom stereocenters. The first-order chi connectivity index (χ1) is 8.29. The minimum absolute atomic E-state index is 0.213. The second-order valence-corrected chi connectivity index (χ2v) is 4.88. The zero-order chi connectivity index (χ0) is 12.1. The number of aliphatic hydroxyl groups is 1. The van der Waals surface area contributed by atoms with Gasteiger partial charge in [-0.05, 0) is 30.2 Å². The van der Waals surface area contributed by atoms with Crippen LogP contribution in [0.2, 0.25) is 0 Å². The van der Waals surface area contributed by atoms with E-state index in [4.69, 9.17) is 0 Å². The molecule has 1 aliphatic rings. The van der Waals surface area contributed by atoms with E-state index in [0.29, 0.717) is 5.92 Å². The molecule has 2 N–H and O–H groups in total. The number of hydrogen-bond donors (Lipinski definition) is 2. The molecule has 0 aromatic carbocycles. The monoisotopic (exact) mass is 235 g/mol. The molecule has 1 aliphatic heterocycles. The van der Waals surface area contributed by atoms with Gasteiger partial charge in [0.15, 0.2) is 0 Å². The fraction of sp³-hybridized carbons (Fsp3) is 0.615. The highest BCUT2D eigenvalue weighted by Crippen LogP contribution is 2.12. The van der Waals surface area contributed by atoms with Gasteiger partial charge in [-0.2, -0.15) is 0 Å². The van der Waals surface area contributed by atoms with Crippen molar-refractivity contribution in [3.8, 4) is 0 Å². The van der Waals surface area contributed by atoms with E-state index in [1.807, 2.05) is 24.5 Å². The van der Waals surface area contributed by atoms with Crippen molar-refractivity contribution < 1.29 is 5.11 Å². The molecule has 2 heterocycles. The van der Waals surface area contributed by atoms with E-state index in [9.17, 15) is 5.11 Å². The highest BCUT2D eigenvalue weighted by atomic mass is 16.3. The largest absolute Gasteiger partial charge is 0.395 e. The van der Waals surface area contributed by atoms with Crippen LogP contribution < -0.4 is 5.32 Å². The fourth-order valence-electron chi connectivity index (χ4n) is 2.34. The summed E-state index contributed by atoms with van der Waals surface area (Å²) in [6.07, 6.45) is 3.64. The summed E-state index contributed by atoms with van der Waals surface area (Å²) in [7, 11) is 0. The van der Waals surface area contributed by atoms with Gasteiger partial charge in [-0.3, -0.25) is 9.88 Å². The molecule has 1 saturated heterocycles. The Morgan fingerprint density at radius 1 is 1.41 bits per heavy atom. The van der Waals surface area contributed by atoms with Crippen LogP contribution in [0.1, 0.15) is 12.5 Å². The first kappa shape index (κ1) is 12.5. The summed E-state index contributed by atoms with van der Waals surface area (Å²) in [5, 5.41) is 12.9. The molecule has 1 aromatic heterocycles. The summed E-state index contributed by atoms with van der Waals surface area (Å²) in [6.45, 7) is 6.27. The van der Waals surface area contributed by atoms with E-state index in [2.05, 4.69) is 22.1 Å². The van der Waals surface area contributed by atoms with Crippen molar-refractivity contribution in [3.63, 3.8) is 0 Å². The summed E-state index contributed by atoms with van der Waals surface area (Å²) in [5.41, 5.74) is 1.26. The molecule has 0 saturated carbocycles. The van der Waals surface area contributed by atoms with Crippen LogP contribution in [0.4, 0.5) is 0 Å². The number of nitrogens with zero attached hydrogens (tertiary/aromatic N) is 2. The molecule has 0 radical (unpaired) electrons. The Kier molecular flexibility index (Phi) is 4.48. The zero-order valence-corrected chi connectivity index (χ0v) is 10.3. The van der Waals surface area contributed by atoms with Gasteiger partial charge in [0.2, 0.25) is 0 Å². The third-order valence-electron chi connectivity index (χ3n) is 3.28. The summed E-state index contributed by atoms with van der Waals surface area (Å²) in [4.78, 5) is 6.39. The maximum absolute atomic E-state index is 9.46. The van der Waals surface area contributed by atoms with Crippen molar-refractivity contribution >= 4 is 0 Å². The van der Waals surface area contributed by atoms with Gasteiger partial charge in [0.05, 0.1) is 6.61 Å². The smallest absolute Gasteiger partial charge is 0.0599 e. The Hall–Kier alpha value is -0.970. The molecule has 94 valence electrons. The quantitative estimate of drug-likeness (QED) is 0.800. The van der Waals surface area contributed by atoms with E-state index in [1.54, 1.807) is 0 Å². The second-order valence-electron chi connectivity index (χ2n) is 4.88. The molecule has 17 heavy (non-hydrogen) atoms. The van der Waals surface area contributed by atoms with Crippen LogP contribution in [0, 0.1) is 5.92 Å². The minimum atomic E-state index is 0.213. The second kappa shape index (κ2) is 6.10. The predicted molar refractivity (Wildman–Crippen MR) is 67.6 cm³/mol. The van der Waals surface area contributed by atoms with Crippen LogP contribution in [-0.2, 0) is 6.54 Å². The van der Waals surface area contributed by atoms with Gasteiger partial charge in [0.25, 0.3) is 0 Å². The van der Waals surface area contributed by atoms with Crippen LogP contribution in [0.5, 0.6) is 0 Å². The molecule has 0 amide bonds. The van der Waals surface area contributed by atoms with Crippen molar-refractivity contribution in [2.45, 2.75) is 19.5 Å². The van der Waals surface area contributed by atoms with Crippen molar-refractivity contribution in [2.75, 3.05) is 26.2 Å². The number of pyridine rings is 1. The van der Waals surface area contributed by atoms with E-state index in [1.165, 1.54) is 5.56 Å². The number of aliphatic hydroxyl groups excluding tert-OH is 1. The number of aromatic nitrogens is 1. The first-order valence-electron chi connectivity index (χ1n) is 6.24. The van der Waals surface area contributed by atoms with Crippen LogP contribution in [0.3, 0.4) is 0 Å². The Morgan fingerprint density at radius 3 is 2.88 bits per heavy atom. The van der Waals surface area contributed by atoms with E-state index < -0.39 is 0 Å². The molecule has 0 spiro atoms. The lowest BCUT2D eigenvalue weighted by Crippen LogP contribution is -2.42. The zero-order valence-electron chi connectivity index (χ0n) is 10.3. The van der Waals surface area contributed by atoms with Gasteiger partial charge in [-0.1, -0.05) is 6.92 Å². The minimum Gasteiger partial charge on any atom is -0.395 e. The van der Waals surface area contributed by atoms with Gasteiger partial charge in [-0.15, -0.1) is 0 Å². The predicted octanol–water partition coefficient (Wildman–Crippen LogP) is 0.484. The maximum Gasteiger partial charge on any atom is 0.0599 e. The van der Waals surface area contributed by atoms with Gasteiger partial charge in [-0.25, -0.2) is 0 Å². The Morgan fingerprint density at radius 2 is 2.18 bits per heavy atom. The lowest BCUT2D eigenvalue weighted by atomic mass is 10.1. The topological polar surface area (TPSA) is 48.4 Å². The lowest BCUT2D eigenvalue weighted by molar-refractivity contribution is 0.118. The van der Waals surface area contributed by atoms with Crippen LogP contribution in [-0.4, -0.2) is 47.3 Å². The van der Waals surface area contributed by atoms with Crippen molar-refractivity contribution in [3.05, 3.63) is 30.1 Å². The Bertz CT molecular complexity index is 331. The summed E-state index contributed by atoms with van der Waals surface area (Å²) < 4.78 is 0. The summed E-state index contributed by atoms with van der Waals surface area (Å²) in [5.74, 6) is 0.619. The molecule has 4 nitrogen and oxygen atoms in total. The average Bonchev–Trinajstić information content (AvgIpc) is 2.52. The molecule has 0 aliphatic carbocycles. The van der Waals surface area contributed by atoms with Crippen molar-refractivity contribution in [1.82, 2.24) is 15.2 Å². The van der Waals surface area contributed by atoms with Crippen LogP contribution >= 0.6 is 0 Å². The normalized spacial score (nSPS) is 26.7. The molecular formula is C13H21N3O. The summed E-state index contributed by atoms with van der Waals surface area (Å²) in [6, 6.07) is 4.29. The van der Waals surface area contributed by atoms with Crippen molar-refractivity contribution in [1.29, 1.82) is 0 Å². The van der Waals surface area contributed by atoms with Crippen LogP contribution in [0.15, 0.2) is 24.5 Å². The molecule has 1 fully saturated rings. The third-order valence-corrected chi connectivity index (χ3v) is 3.28. The van der Waals surface area contributed by atoms with Crippen molar-refractivity contribution in [2.24, 2.45) is 5.92 Å². The van der Waals surface area contributed by atoms with Gasteiger partial charge in [0, 0.05) is 38.1 Å². The van der Waals surface area contributed by atoms with E-state index >= 15 is 0 Å². The standard InChI is InChI=1S/C13H21N3O/c1-11-6-15-7-13(10-17)16(8-11)9-12-2-4-14-5-3-12/h2-5,11,13,15,17H,6-10H2,1H3. The maximum atomic E-state index is 9.46. The SMILES string of the molecule is CC1CNCC(CO)N(Cc2ccncc2)C1. The highest BCUT2D eigenvalue weighted by molar-refractivity contribution is 5.09. The molecule has 2 rings (SSSR count). The third kappa shape index (κ3) is 3.49. The Balaban J connectivity index is 2.04. The highest BCUT2D eigenvalue weighted by Gasteiger charge is 2.23. The fourth-order valence-corrected chi connectivity index (χ4v) is 2.34. The van der Waals surface area contributed by atoms with E-state index in [0.717, 1.165) is 26.2 Å². The summed E-state index contributed by atoms with van der Waals surface area (Å²) >= 11 is 0. The average molecular weight is 235 g/mol. The van der Waals surface area contributed by atoms with Gasteiger partial charge < -0.3 is 10.4 Å². The Labute approximate surface area is 103 Å². The lowest BCUT2D eigenvalue weighted by Gasteiger charge is -2.29. The molecular weight excluding hydrogens is 214 g/mol. The molecule has 4 heteroatoms. The number of hydrogen-bond acceptors (Lipinski definition) is 4. The molecule has 1 aromatic rings. The molecule has 2 atom stereocenters. The van der Waals surface area contributed by atoms with Crippen LogP contribution in [0.25, 0.3) is 0 Å². The molecule has 0 bridgehead atoms. The first-order valence-corrected chi connectivity index (χ1v) is 6.24. The number of rotatable bonds is 3. The van der Waals surface area contributed by atoms with Gasteiger partial charge in [0.1, 0.15) is 0 Å². The number of nitrogens with one attached hydrogen (secondary N) is 1. The van der Waals surface area contributed by atoms with Gasteiger partial charge >= 0.3 is 0 Å².